The molecular formula is C25H28N4O2. The highest BCUT2D eigenvalue weighted by Crippen LogP contribution is 2.22. The molecule has 2 heterocycles. The summed E-state index contributed by atoms with van der Waals surface area (Å²) in [4.78, 5) is 25.8. The molecule has 0 bridgehead atoms. The third-order valence-electron chi connectivity index (χ3n) is 5.78. The zero-order valence-corrected chi connectivity index (χ0v) is 18.3. The fourth-order valence-corrected chi connectivity index (χ4v) is 3.74. The highest BCUT2D eigenvalue weighted by molar-refractivity contribution is 5.81. The zero-order chi connectivity index (χ0) is 21.8. The van der Waals surface area contributed by atoms with Crippen molar-refractivity contribution in [2.45, 2.75) is 26.9 Å². The van der Waals surface area contributed by atoms with Crippen LogP contribution < -0.4 is 9.64 Å². The van der Waals surface area contributed by atoms with Crippen LogP contribution >= 0.6 is 0 Å². The summed E-state index contributed by atoms with van der Waals surface area (Å²) in [6.07, 6.45) is 1.09. The highest BCUT2D eigenvalue weighted by atomic mass is 16.5. The third kappa shape index (κ3) is 4.85. The second kappa shape index (κ2) is 9.16. The maximum Gasteiger partial charge on any atom is 0.263 e. The van der Waals surface area contributed by atoms with Crippen LogP contribution in [0, 0.1) is 13.8 Å². The van der Waals surface area contributed by atoms with Crippen molar-refractivity contribution in [3.05, 3.63) is 72.1 Å². The molecular weight excluding hydrogens is 388 g/mol. The molecule has 1 amide bonds. The maximum atomic E-state index is 12.9. The van der Waals surface area contributed by atoms with Crippen LogP contribution in [0.3, 0.4) is 0 Å². The number of carbonyl (C=O) groups is 1. The number of benzene rings is 2. The molecule has 1 unspecified atom stereocenters. The standard InChI is InChI=1S/C25H28N4O2/c1-18-9-10-22(15-19(18)2)31-20(3)25(30)29-13-11-28(12-14-29)24-16-23(26-17-27-24)21-7-5-4-6-8-21/h4-10,15-17,20H,11-14H2,1-3H3. The Morgan fingerprint density at radius 1 is 0.935 bits per heavy atom. The molecule has 6 nitrogen and oxygen atoms in total. The van der Waals surface area contributed by atoms with Gasteiger partial charge in [0.1, 0.15) is 17.9 Å². The average molecular weight is 417 g/mol. The molecule has 1 aliphatic rings. The lowest BCUT2D eigenvalue weighted by Gasteiger charge is -2.36. The van der Waals surface area contributed by atoms with Gasteiger partial charge in [-0.25, -0.2) is 9.97 Å². The molecule has 0 saturated carbocycles. The molecule has 2 aromatic carbocycles. The minimum Gasteiger partial charge on any atom is -0.481 e. The molecule has 1 aliphatic heterocycles. The number of amides is 1. The number of hydrogen-bond donors (Lipinski definition) is 0. The van der Waals surface area contributed by atoms with Gasteiger partial charge in [0.05, 0.1) is 5.69 Å². The Morgan fingerprint density at radius 2 is 1.68 bits per heavy atom. The van der Waals surface area contributed by atoms with Crippen molar-refractivity contribution in [2.75, 3.05) is 31.1 Å². The van der Waals surface area contributed by atoms with Gasteiger partial charge in [-0.05, 0) is 44.0 Å². The number of carbonyl (C=O) groups excluding carboxylic acids is 1. The van der Waals surface area contributed by atoms with E-state index in [1.807, 2.05) is 73.3 Å². The molecule has 31 heavy (non-hydrogen) atoms. The van der Waals surface area contributed by atoms with Crippen molar-refractivity contribution in [1.29, 1.82) is 0 Å². The van der Waals surface area contributed by atoms with Gasteiger partial charge in [0.15, 0.2) is 6.10 Å². The first-order chi connectivity index (χ1) is 15.0. The summed E-state index contributed by atoms with van der Waals surface area (Å²) in [5, 5.41) is 0. The van der Waals surface area contributed by atoms with Crippen LogP contribution in [0.1, 0.15) is 18.1 Å². The fraction of sp³-hybridized carbons (Fsp3) is 0.320. The number of anilines is 1. The van der Waals surface area contributed by atoms with Crippen molar-refractivity contribution >= 4 is 11.7 Å². The largest absolute Gasteiger partial charge is 0.481 e. The number of piperazine rings is 1. The number of hydrogen-bond acceptors (Lipinski definition) is 5. The first-order valence-electron chi connectivity index (χ1n) is 10.7. The van der Waals surface area contributed by atoms with Gasteiger partial charge in [0.2, 0.25) is 0 Å². The minimum atomic E-state index is -0.516. The molecule has 1 atom stereocenters. The Bertz CT molecular complexity index is 1050. The molecule has 1 saturated heterocycles. The van der Waals surface area contributed by atoms with Crippen molar-refractivity contribution in [3.63, 3.8) is 0 Å². The predicted octanol–water partition coefficient (Wildman–Crippen LogP) is 3.88. The monoisotopic (exact) mass is 416 g/mol. The van der Waals surface area contributed by atoms with Crippen molar-refractivity contribution in [3.8, 4) is 17.0 Å². The second-order valence-corrected chi connectivity index (χ2v) is 7.95. The van der Waals surface area contributed by atoms with Gasteiger partial charge in [-0.2, -0.15) is 0 Å². The SMILES string of the molecule is Cc1ccc(OC(C)C(=O)N2CCN(c3cc(-c4ccccc4)ncn3)CC2)cc1C. The maximum absolute atomic E-state index is 12.9. The summed E-state index contributed by atoms with van der Waals surface area (Å²) < 4.78 is 5.92. The predicted molar refractivity (Wildman–Crippen MR) is 122 cm³/mol. The van der Waals surface area contributed by atoms with Gasteiger partial charge in [0, 0.05) is 37.8 Å². The number of ether oxygens (including phenoxy) is 1. The van der Waals surface area contributed by atoms with Crippen LogP contribution in [0.5, 0.6) is 5.75 Å². The molecule has 4 rings (SSSR count). The van der Waals surface area contributed by atoms with Gasteiger partial charge in [-0.15, -0.1) is 0 Å². The second-order valence-electron chi connectivity index (χ2n) is 7.95. The highest BCUT2D eigenvalue weighted by Gasteiger charge is 2.26. The van der Waals surface area contributed by atoms with Crippen molar-refractivity contribution < 1.29 is 9.53 Å². The molecule has 160 valence electrons. The Morgan fingerprint density at radius 3 is 2.39 bits per heavy atom. The van der Waals surface area contributed by atoms with Crippen LogP contribution in [0.15, 0.2) is 60.9 Å². The lowest BCUT2D eigenvalue weighted by atomic mass is 10.1. The van der Waals surface area contributed by atoms with Gasteiger partial charge in [-0.1, -0.05) is 36.4 Å². The molecule has 1 fully saturated rings. The fourth-order valence-electron chi connectivity index (χ4n) is 3.74. The molecule has 1 aromatic heterocycles. The number of rotatable bonds is 5. The van der Waals surface area contributed by atoms with Gasteiger partial charge < -0.3 is 14.5 Å². The average Bonchev–Trinajstić information content (AvgIpc) is 2.82. The van der Waals surface area contributed by atoms with Crippen LogP contribution in [0.4, 0.5) is 5.82 Å². The first kappa shape index (κ1) is 20.8. The van der Waals surface area contributed by atoms with E-state index < -0.39 is 6.10 Å². The summed E-state index contributed by atoms with van der Waals surface area (Å²) in [5.74, 6) is 1.64. The van der Waals surface area contributed by atoms with E-state index in [9.17, 15) is 4.79 Å². The van der Waals surface area contributed by atoms with E-state index in [0.717, 1.165) is 41.5 Å². The van der Waals surface area contributed by atoms with E-state index in [-0.39, 0.29) is 5.91 Å². The summed E-state index contributed by atoms with van der Waals surface area (Å²) in [6, 6.07) is 18.0. The summed E-state index contributed by atoms with van der Waals surface area (Å²) >= 11 is 0. The van der Waals surface area contributed by atoms with Gasteiger partial charge >= 0.3 is 0 Å². The molecule has 0 N–H and O–H groups in total. The third-order valence-corrected chi connectivity index (χ3v) is 5.78. The van der Waals surface area contributed by atoms with Gasteiger partial charge in [0.25, 0.3) is 5.91 Å². The Labute approximate surface area is 183 Å². The van der Waals surface area contributed by atoms with Crippen LogP contribution in [0.25, 0.3) is 11.3 Å². The van der Waals surface area contributed by atoms with Gasteiger partial charge in [-0.3, -0.25) is 4.79 Å². The number of aryl methyl sites for hydroxylation is 2. The van der Waals surface area contributed by atoms with Crippen LogP contribution in [-0.2, 0) is 4.79 Å². The Kier molecular flexibility index (Phi) is 6.16. The van der Waals surface area contributed by atoms with E-state index in [4.69, 9.17) is 4.74 Å². The quantitative estimate of drug-likeness (QED) is 0.632. The van der Waals surface area contributed by atoms with E-state index in [2.05, 4.69) is 21.8 Å². The van der Waals surface area contributed by atoms with E-state index in [0.29, 0.717) is 13.1 Å². The molecule has 0 aliphatic carbocycles. The van der Waals surface area contributed by atoms with Crippen molar-refractivity contribution in [1.82, 2.24) is 14.9 Å². The molecule has 0 radical (unpaired) electrons. The van der Waals surface area contributed by atoms with Crippen LogP contribution in [-0.4, -0.2) is 53.1 Å². The summed E-state index contributed by atoms with van der Waals surface area (Å²) in [7, 11) is 0. The van der Waals surface area contributed by atoms with E-state index >= 15 is 0 Å². The van der Waals surface area contributed by atoms with E-state index in [1.54, 1.807) is 6.33 Å². The molecule has 6 heteroatoms. The normalized spacial score (nSPS) is 14.9. The van der Waals surface area contributed by atoms with E-state index in [1.165, 1.54) is 5.56 Å². The molecule has 0 spiro atoms. The van der Waals surface area contributed by atoms with Crippen molar-refractivity contribution in [2.24, 2.45) is 0 Å². The number of aromatic nitrogens is 2. The Balaban J connectivity index is 1.36. The Hall–Kier alpha value is -3.41. The lowest BCUT2D eigenvalue weighted by molar-refractivity contribution is -0.138. The van der Waals surface area contributed by atoms with Crippen LogP contribution in [0.2, 0.25) is 0 Å². The summed E-state index contributed by atoms with van der Waals surface area (Å²) in [5.41, 5.74) is 4.34. The number of nitrogens with zero attached hydrogens (tertiary/aromatic N) is 4. The minimum absolute atomic E-state index is 0.0190. The zero-order valence-electron chi connectivity index (χ0n) is 18.3. The summed E-state index contributed by atoms with van der Waals surface area (Å²) in [6.45, 7) is 8.67. The lowest BCUT2D eigenvalue weighted by Crippen LogP contribution is -2.52. The first-order valence-corrected chi connectivity index (χ1v) is 10.7. The smallest absolute Gasteiger partial charge is 0.263 e. The topological polar surface area (TPSA) is 58.6 Å². The molecule has 3 aromatic rings.